The summed E-state index contributed by atoms with van der Waals surface area (Å²) in [5.74, 6) is 1.14. The zero-order valence-corrected chi connectivity index (χ0v) is 10.1. The van der Waals surface area contributed by atoms with Crippen molar-refractivity contribution in [1.29, 1.82) is 0 Å². The average molecular weight is 233 g/mol. The van der Waals surface area contributed by atoms with Crippen molar-refractivity contribution in [2.24, 2.45) is 0 Å². The van der Waals surface area contributed by atoms with Crippen LogP contribution in [0.1, 0.15) is 29.2 Å². The number of imidazole rings is 1. The van der Waals surface area contributed by atoms with Crippen LogP contribution in [-0.2, 0) is 13.0 Å². The molecule has 1 aliphatic heterocycles. The molecule has 0 aromatic carbocycles. The number of thiophene rings is 1. The van der Waals surface area contributed by atoms with Crippen LogP contribution in [-0.4, -0.2) is 16.1 Å². The minimum atomic E-state index is 0.282. The Morgan fingerprint density at radius 1 is 1.62 bits per heavy atom. The van der Waals surface area contributed by atoms with Gasteiger partial charge in [-0.1, -0.05) is 0 Å². The molecule has 1 unspecified atom stereocenters. The molecule has 1 N–H and O–H groups in total. The third-order valence-corrected chi connectivity index (χ3v) is 4.13. The molecule has 0 radical (unpaired) electrons. The minimum absolute atomic E-state index is 0.282. The van der Waals surface area contributed by atoms with Crippen molar-refractivity contribution in [3.05, 3.63) is 40.1 Å². The van der Waals surface area contributed by atoms with Gasteiger partial charge in [0.1, 0.15) is 5.82 Å². The molecule has 84 valence electrons. The number of hydrogen-bond acceptors (Lipinski definition) is 3. The Hall–Kier alpha value is -1.13. The molecule has 2 aromatic heterocycles. The standard InChI is InChI=1S/C12H15N3S/c1-2-15-7-6-14-12(15)11-9-4-8-16-10(9)3-5-13-11/h4,6-8,11,13H,2-3,5H2,1H3. The van der Waals surface area contributed by atoms with Gasteiger partial charge < -0.3 is 9.88 Å². The van der Waals surface area contributed by atoms with Crippen molar-refractivity contribution in [2.75, 3.05) is 6.54 Å². The molecular weight excluding hydrogens is 218 g/mol. The summed E-state index contributed by atoms with van der Waals surface area (Å²) in [6.07, 6.45) is 5.09. The van der Waals surface area contributed by atoms with Crippen LogP contribution in [0.4, 0.5) is 0 Å². The van der Waals surface area contributed by atoms with Crippen LogP contribution in [0.5, 0.6) is 0 Å². The van der Waals surface area contributed by atoms with Crippen LogP contribution < -0.4 is 5.32 Å². The Morgan fingerprint density at radius 2 is 2.56 bits per heavy atom. The summed E-state index contributed by atoms with van der Waals surface area (Å²) < 4.78 is 2.21. The number of fused-ring (bicyclic) bond motifs is 1. The van der Waals surface area contributed by atoms with E-state index in [1.165, 1.54) is 10.4 Å². The predicted octanol–water partition coefficient (Wildman–Crippen LogP) is 2.20. The molecule has 2 aromatic rings. The number of aromatic nitrogens is 2. The van der Waals surface area contributed by atoms with Gasteiger partial charge in [-0.2, -0.15) is 0 Å². The van der Waals surface area contributed by atoms with Gasteiger partial charge in [0.05, 0.1) is 6.04 Å². The normalized spacial score (nSPS) is 19.7. The highest BCUT2D eigenvalue weighted by molar-refractivity contribution is 7.10. The lowest BCUT2D eigenvalue weighted by atomic mass is 10.0. The SMILES string of the molecule is CCn1ccnc1C1NCCc2sccc21. The first-order chi connectivity index (χ1) is 7.90. The van der Waals surface area contributed by atoms with Gasteiger partial charge in [-0.05, 0) is 30.4 Å². The first kappa shape index (κ1) is 10.1. The lowest BCUT2D eigenvalue weighted by molar-refractivity contribution is 0.523. The van der Waals surface area contributed by atoms with Crippen LogP contribution in [0.15, 0.2) is 23.8 Å². The molecule has 3 heterocycles. The van der Waals surface area contributed by atoms with Crippen LogP contribution in [0, 0.1) is 0 Å². The lowest BCUT2D eigenvalue weighted by Crippen LogP contribution is -2.31. The van der Waals surface area contributed by atoms with E-state index in [4.69, 9.17) is 0 Å². The number of nitrogens with zero attached hydrogens (tertiary/aromatic N) is 2. The van der Waals surface area contributed by atoms with Crippen molar-refractivity contribution in [3.63, 3.8) is 0 Å². The quantitative estimate of drug-likeness (QED) is 0.862. The second-order valence-corrected chi connectivity index (χ2v) is 5.01. The van der Waals surface area contributed by atoms with Crippen molar-refractivity contribution in [1.82, 2.24) is 14.9 Å². The third kappa shape index (κ3) is 1.49. The average Bonchev–Trinajstić information content (AvgIpc) is 2.96. The molecule has 0 aliphatic carbocycles. The van der Waals surface area contributed by atoms with Crippen molar-refractivity contribution < 1.29 is 0 Å². The summed E-state index contributed by atoms with van der Waals surface area (Å²) in [4.78, 5) is 6.00. The van der Waals surface area contributed by atoms with E-state index in [0.29, 0.717) is 0 Å². The Morgan fingerprint density at radius 3 is 3.44 bits per heavy atom. The molecule has 1 atom stereocenters. The molecule has 0 saturated carbocycles. The second kappa shape index (κ2) is 4.03. The predicted molar refractivity (Wildman–Crippen MR) is 65.8 cm³/mol. The molecule has 0 bridgehead atoms. The van der Waals surface area contributed by atoms with E-state index < -0.39 is 0 Å². The Kier molecular flexibility index (Phi) is 2.53. The molecule has 3 rings (SSSR count). The fourth-order valence-corrected chi connectivity index (χ4v) is 3.25. The molecule has 3 nitrogen and oxygen atoms in total. The van der Waals surface area contributed by atoms with Gasteiger partial charge in [0.2, 0.25) is 0 Å². The molecule has 0 fully saturated rings. The Balaban J connectivity index is 2.04. The van der Waals surface area contributed by atoms with Gasteiger partial charge in [-0.25, -0.2) is 4.98 Å². The number of hydrogen-bond donors (Lipinski definition) is 1. The largest absolute Gasteiger partial charge is 0.334 e. The molecule has 0 spiro atoms. The third-order valence-electron chi connectivity index (χ3n) is 3.14. The van der Waals surface area contributed by atoms with Gasteiger partial charge in [0, 0.05) is 30.4 Å². The summed E-state index contributed by atoms with van der Waals surface area (Å²) in [5, 5.41) is 5.75. The van der Waals surface area contributed by atoms with E-state index >= 15 is 0 Å². The van der Waals surface area contributed by atoms with Crippen LogP contribution >= 0.6 is 11.3 Å². The van der Waals surface area contributed by atoms with Gasteiger partial charge in [-0.15, -0.1) is 11.3 Å². The van der Waals surface area contributed by atoms with E-state index in [0.717, 1.165) is 25.3 Å². The van der Waals surface area contributed by atoms with Gasteiger partial charge in [0.25, 0.3) is 0 Å². The maximum Gasteiger partial charge on any atom is 0.130 e. The van der Waals surface area contributed by atoms with E-state index in [9.17, 15) is 0 Å². The number of nitrogens with one attached hydrogen (secondary N) is 1. The highest BCUT2D eigenvalue weighted by Crippen LogP contribution is 2.31. The van der Waals surface area contributed by atoms with Crippen molar-refractivity contribution in [2.45, 2.75) is 25.9 Å². The van der Waals surface area contributed by atoms with Crippen LogP contribution in [0.3, 0.4) is 0 Å². The molecular formula is C12H15N3S. The number of aryl methyl sites for hydroxylation is 1. The summed E-state index contributed by atoms with van der Waals surface area (Å²) in [6, 6.07) is 2.51. The Bertz CT molecular complexity index is 486. The first-order valence-corrected chi connectivity index (χ1v) is 6.58. The van der Waals surface area contributed by atoms with Crippen molar-refractivity contribution >= 4 is 11.3 Å². The summed E-state index contributed by atoms with van der Waals surface area (Å²) in [5.41, 5.74) is 1.41. The van der Waals surface area contributed by atoms with E-state index in [2.05, 4.69) is 39.4 Å². The lowest BCUT2D eigenvalue weighted by Gasteiger charge is -2.24. The molecule has 16 heavy (non-hydrogen) atoms. The van der Waals surface area contributed by atoms with Crippen molar-refractivity contribution in [3.8, 4) is 0 Å². The van der Waals surface area contributed by atoms with Crippen LogP contribution in [0.25, 0.3) is 0 Å². The zero-order valence-electron chi connectivity index (χ0n) is 9.31. The maximum atomic E-state index is 4.49. The fourth-order valence-electron chi connectivity index (χ4n) is 2.33. The minimum Gasteiger partial charge on any atom is -0.334 e. The fraction of sp³-hybridized carbons (Fsp3) is 0.417. The highest BCUT2D eigenvalue weighted by atomic mass is 32.1. The van der Waals surface area contributed by atoms with E-state index in [1.54, 1.807) is 0 Å². The van der Waals surface area contributed by atoms with Gasteiger partial charge in [0.15, 0.2) is 0 Å². The van der Waals surface area contributed by atoms with E-state index in [1.807, 2.05) is 17.5 Å². The number of rotatable bonds is 2. The first-order valence-electron chi connectivity index (χ1n) is 5.71. The topological polar surface area (TPSA) is 29.9 Å². The smallest absolute Gasteiger partial charge is 0.130 e. The van der Waals surface area contributed by atoms with E-state index in [-0.39, 0.29) is 6.04 Å². The summed E-state index contributed by atoms with van der Waals surface area (Å²) in [6.45, 7) is 4.18. The molecule has 0 amide bonds. The molecule has 4 heteroatoms. The maximum absolute atomic E-state index is 4.49. The monoisotopic (exact) mass is 233 g/mol. The Labute approximate surface area is 99.1 Å². The second-order valence-electron chi connectivity index (χ2n) is 4.01. The molecule has 0 saturated heterocycles. The summed E-state index contributed by atoms with van der Waals surface area (Å²) >= 11 is 1.86. The zero-order chi connectivity index (χ0) is 11.0. The van der Waals surface area contributed by atoms with Gasteiger partial charge in [-0.3, -0.25) is 0 Å². The van der Waals surface area contributed by atoms with Gasteiger partial charge >= 0.3 is 0 Å². The molecule has 1 aliphatic rings. The highest BCUT2D eigenvalue weighted by Gasteiger charge is 2.25. The summed E-state index contributed by atoms with van der Waals surface area (Å²) in [7, 11) is 0. The van der Waals surface area contributed by atoms with Crippen LogP contribution in [0.2, 0.25) is 0 Å².